The van der Waals surface area contributed by atoms with E-state index >= 15 is 0 Å². The van der Waals surface area contributed by atoms with E-state index in [-0.39, 0.29) is 0 Å². The summed E-state index contributed by atoms with van der Waals surface area (Å²) in [4.78, 5) is 15.3. The van der Waals surface area contributed by atoms with Gasteiger partial charge in [0.2, 0.25) is 6.08 Å². The molecule has 1 aliphatic rings. The molecule has 0 aromatic carbocycles. The van der Waals surface area contributed by atoms with Gasteiger partial charge in [-0.3, -0.25) is 4.90 Å². The van der Waals surface area contributed by atoms with Gasteiger partial charge in [-0.05, 0) is 32.5 Å². The molecule has 0 unspecified atom stereocenters. The Labute approximate surface area is 66.4 Å². The van der Waals surface area contributed by atoms with Gasteiger partial charge in [-0.25, -0.2) is 4.79 Å². The van der Waals surface area contributed by atoms with Gasteiger partial charge < -0.3 is 0 Å². The van der Waals surface area contributed by atoms with Crippen molar-refractivity contribution in [1.82, 2.24) is 4.90 Å². The van der Waals surface area contributed by atoms with Crippen molar-refractivity contribution in [2.45, 2.75) is 18.9 Å². The second-order valence-corrected chi connectivity index (χ2v) is 2.75. The van der Waals surface area contributed by atoms with Crippen LogP contribution in [0.5, 0.6) is 0 Å². The molecule has 60 valence electrons. The number of hydrogen-bond donors (Lipinski definition) is 0. The summed E-state index contributed by atoms with van der Waals surface area (Å²) < 4.78 is 0. The number of rotatable bonds is 2. The molecule has 1 heterocycles. The van der Waals surface area contributed by atoms with E-state index in [0.29, 0.717) is 6.04 Å². The highest BCUT2D eigenvalue weighted by molar-refractivity contribution is 5.34. The smallest absolute Gasteiger partial charge is 0.239 e. The maximum Gasteiger partial charge on any atom is 0.239 e. The molecule has 0 aromatic rings. The fraction of sp³-hybridized carbons (Fsp3) is 0.625. The number of hydrogen-bond acceptors (Lipinski definition) is 3. The molecule has 3 nitrogen and oxygen atoms in total. The van der Waals surface area contributed by atoms with E-state index in [1.165, 1.54) is 25.1 Å². The molecule has 0 saturated carbocycles. The number of nitrogens with zero attached hydrogens (tertiary/aromatic N) is 2. The first-order chi connectivity index (χ1) is 5.34. The number of likely N-dealkylation sites (tertiary alicyclic amines) is 1. The monoisotopic (exact) mass is 152 g/mol. The standard InChI is InChI=1S/C8H12N2O/c1-10-6-2-3-8(10)4-5-9-7-11/h4-5,8H,2-3,6H2,1H3/b5-4+/t8-/m1/s1. The minimum atomic E-state index is 0.465. The highest BCUT2D eigenvalue weighted by Crippen LogP contribution is 2.15. The largest absolute Gasteiger partial charge is 0.300 e. The third kappa shape index (κ3) is 2.30. The summed E-state index contributed by atoms with van der Waals surface area (Å²) in [6, 6.07) is 0.465. The van der Waals surface area contributed by atoms with Crippen LogP contribution in [0.25, 0.3) is 0 Å². The van der Waals surface area contributed by atoms with Crippen LogP contribution in [0.4, 0.5) is 0 Å². The normalized spacial score (nSPS) is 25.7. The maximum atomic E-state index is 9.70. The summed E-state index contributed by atoms with van der Waals surface area (Å²) in [7, 11) is 2.08. The van der Waals surface area contributed by atoms with Crippen LogP contribution in [0, 0.1) is 0 Å². The number of aliphatic imine (C=N–C) groups is 1. The van der Waals surface area contributed by atoms with Gasteiger partial charge >= 0.3 is 0 Å². The summed E-state index contributed by atoms with van der Waals surface area (Å²) in [6.07, 6.45) is 7.35. The van der Waals surface area contributed by atoms with E-state index in [4.69, 9.17) is 0 Å². The molecule has 1 aliphatic heterocycles. The van der Waals surface area contributed by atoms with Crippen molar-refractivity contribution in [1.29, 1.82) is 0 Å². The maximum absolute atomic E-state index is 9.70. The van der Waals surface area contributed by atoms with Crippen molar-refractivity contribution in [2.75, 3.05) is 13.6 Å². The zero-order chi connectivity index (χ0) is 8.10. The molecule has 3 heteroatoms. The van der Waals surface area contributed by atoms with E-state index < -0.39 is 0 Å². The molecular weight excluding hydrogens is 140 g/mol. The lowest BCUT2D eigenvalue weighted by molar-refractivity contribution is 0.357. The Morgan fingerprint density at radius 2 is 2.55 bits per heavy atom. The fourth-order valence-corrected chi connectivity index (χ4v) is 1.35. The van der Waals surface area contributed by atoms with Crippen LogP contribution < -0.4 is 0 Å². The SMILES string of the molecule is CN1CCC[C@@H]1/C=C/N=C=O. The van der Waals surface area contributed by atoms with Gasteiger partial charge in [-0.15, -0.1) is 0 Å². The Morgan fingerprint density at radius 1 is 1.73 bits per heavy atom. The van der Waals surface area contributed by atoms with Crippen molar-refractivity contribution < 1.29 is 4.79 Å². The quantitative estimate of drug-likeness (QED) is 0.435. The van der Waals surface area contributed by atoms with Crippen LogP contribution in [-0.4, -0.2) is 30.6 Å². The summed E-state index contributed by atoms with van der Waals surface area (Å²) in [6.45, 7) is 1.14. The first-order valence-electron chi connectivity index (χ1n) is 3.78. The molecule has 1 atom stereocenters. The molecule has 1 saturated heterocycles. The molecule has 0 aliphatic carbocycles. The zero-order valence-electron chi connectivity index (χ0n) is 6.66. The minimum absolute atomic E-state index is 0.465. The molecule has 0 N–H and O–H groups in total. The predicted octanol–water partition coefficient (Wildman–Crippen LogP) is 0.930. The van der Waals surface area contributed by atoms with Crippen LogP contribution in [0.1, 0.15) is 12.8 Å². The van der Waals surface area contributed by atoms with Crippen LogP contribution in [0.15, 0.2) is 17.3 Å². The van der Waals surface area contributed by atoms with Crippen molar-refractivity contribution in [3.05, 3.63) is 12.3 Å². The van der Waals surface area contributed by atoms with Crippen molar-refractivity contribution >= 4 is 6.08 Å². The summed E-state index contributed by atoms with van der Waals surface area (Å²) in [5.74, 6) is 0. The summed E-state index contributed by atoms with van der Waals surface area (Å²) in [5, 5.41) is 0. The minimum Gasteiger partial charge on any atom is -0.300 e. The Hall–Kier alpha value is -0.920. The molecule has 0 spiro atoms. The number of carbonyl (C=O) groups excluding carboxylic acids is 1. The van der Waals surface area contributed by atoms with Gasteiger partial charge in [-0.2, -0.15) is 4.99 Å². The second kappa shape index (κ2) is 4.06. The van der Waals surface area contributed by atoms with Crippen LogP contribution in [0.3, 0.4) is 0 Å². The third-order valence-electron chi connectivity index (χ3n) is 2.01. The van der Waals surface area contributed by atoms with E-state index in [0.717, 1.165) is 6.54 Å². The van der Waals surface area contributed by atoms with Crippen LogP contribution in [0.2, 0.25) is 0 Å². The Bertz CT molecular complexity index is 194. The topological polar surface area (TPSA) is 32.7 Å². The second-order valence-electron chi connectivity index (χ2n) is 2.75. The van der Waals surface area contributed by atoms with Gasteiger partial charge in [0.25, 0.3) is 0 Å². The number of likely N-dealkylation sites (N-methyl/N-ethyl adjacent to an activating group) is 1. The highest BCUT2D eigenvalue weighted by Gasteiger charge is 2.17. The van der Waals surface area contributed by atoms with E-state index in [1.54, 1.807) is 0 Å². The molecule has 0 amide bonds. The van der Waals surface area contributed by atoms with Crippen LogP contribution >= 0.6 is 0 Å². The fourth-order valence-electron chi connectivity index (χ4n) is 1.35. The van der Waals surface area contributed by atoms with Gasteiger partial charge in [0, 0.05) is 12.2 Å². The van der Waals surface area contributed by atoms with Crippen molar-refractivity contribution in [2.24, 2.45) is 4.99 Å². The predicted molar refractivity (Wildman–Crippen MR) is 42.9 cm³/mol. The molecule has 0 radical (unpaired) electrons. The molecule has 11 heavy (non-hydrogen) atoms. The molecule has 1 rings (SSSR count). The lowest BCUT2D eigenvalue weighted by atomic mass is 10.2. The van der Waals surface area contributed by atoms with Gasteiger partial charge in [-0.1, -0.05) is 0 Å². The molecule has 1 fully saturated rings. The van der Waals surface area contributed by atoms with Gasteiger partial charge in [0.15, 0.2) is 0 Å². The van der Waals surface area contributed by atoms with Gasteiger partial charge in [0.1, 0.15) is 0 Å². The average Bonchev–Trinajstić information content (AvgIpc) is 2.37. The summed E-state index contributed by atoms with van der Waals surface area (Å²) >= 11 is 0. The van der Waals surface area contributed by atoms with E-state index in [1.807, 2.05) is 6.08 Å². The molecule has 0 bridgehead atoms. The van der Waals surface area contributed by atoms with E-state index in [9.17, 15) is 4.79 Å². The first kappa shape index (κ1) is 8.18. The number of isocyanates is 1. The Kier molecular flexibility index (Phi) is 3.02. The van der Waals surface area contributed by atoms with Crippen molar-refractivity contribution in [3.63, 3.8) is 0 Å². The first-order valence-corrected chi connectivity index (χ1v) is 3.78. The Balaban J connectivity index is 2.41. The highest BCUT2D eigenvalue weighted by atomic mass is 16.1. The Morgan fingerprint density at radius 3 is 3.09 bits per heavy atom. The molecular formula is C8H12N2O. The van der Waals surface area contributed by atoms with Crippen LogP contribution in [-0.2, 0) is 4.79 Å². The lowest BCUT2D eigenvalue weighted by Gasteiger charge is -2.13. The summed E-state index contributed by atoms with van der Waals surface area (Å²) in [5.41, 5.74) is 0. The van der Waals surface area contributed by atoms with E-state index in [2.05, 4.69) is 16.9 Å². The lowest BCUT2D eigenvalue weighted by Crippen LogP contribution is -2.22. The van der Waals surface area contributed by atoms with Crippen molar-refractivity contribution in [3.8, 4) is 0 Å². The third-order valence-corrected chi connectivity index (χ3v) is 2.01. The zero-order valence-corrected chi connectivity index (χ0v) is 6.66. The molecule has 0 aromatic heterocycles. The average molecular weight is 152 g/mol. The van der Waals surface area contributed by atoms with Gasteiger partial charge in [0.05, 0.1) is 0 Å².